The van der Waals surface area contributed by atoms with Crippen LogP contribution in [0.2, 0.25) is 0 Å². The van der Waals surface area contributed by atoms with Crippen molar-refractivity contribution in [1.82, 2.24) is 5.16 Å². The summed E-state index contributed by atoms with van der Waals surface area (Å²) in [6.07, 6.45) is -4.44. The van der Waals surface area contributed by atoms with Gasteiger partial charge in [0.15, 0.2) is 6.29 Å². The molecule has 0 saturated carbocycles. The van der Waals surface area contributed by atoms with Crippen molar-refractivity contribution in [3.05, 3.63) is 17.0 Å². The highest BCUT2D eigenvalue weighted by Gasteiger charge is 2.40. The first kappa shape index (κ1) is 11.7. The molecule has 0 atom stereocenters. The molecule has 1 aromatic heterocycles. The van der Waals surface area contributed by atoms with Crippen LogP contribution in [-0.2, 0) is 12.6 Å². The first-order valence-corrected chi connectivity index (χ1v) is 4.37. The van der Waals surface area contributed by atoms with Gasteiger partial charge in [-0.1, -0.05) is 19.0 Å². The van der Waals surface area contributed by atoms with Crippen LogP contribution in [0.1, 0.15) is 35.7 Å². The van der Waals surface area contributed by atoms with E-state index in [9.17, 15) is 18.0 Å². The third-order valence-corrected chi connectivity index (χ3v) is 1.78. The molecule has 0 aromatic carbocycles. The molecular weight excluding hydrogens is 211 g/mol. The number of alkyl halides is 3. The predicted molar refractivity (Wildman–Crippen MR) is 45.4 cm³/mol. The molecule has 0 saturated heterocycles. The van der Waals surface area contributed by atoms with Gasteiger partial charge in [-0.2, -0.15) is 13.2 Å². The standard InChI is InChI=1S/C9H10F3NO2/c1-5(2)3-6-8(9(10,11)12)7(4-14)15-13-6/h4-5H,3H2,1-2H3. The number of hydrogen-bond donors (Lipinski definition) is 0. The maximum absolute atomic E-state index is 12.5. The Labute approximate surface area is 84.2 Å². The summed E-state index contributed by atoms with van der Waals surface area (Å²) < 4.78 is 41.9. The molecule has 0 spiro atoms. The Balaban J connectivity index is 3.17. The molecule has 6 heteroatoms. The second-order valence-corrected chi connectivity index (χ2v) is 3.58. The van der Waals surface area contributed by atoms with Gasteiger partial charge in [-0.05, 0) is 12.3 Å². The Morgan fingerprint density at radius 3 is 2.47 bits per heavy atom. The van der Waals surface area contributed by atoms with Crippen molar-refractivity contribution in [3.63, 3.8) is 0 Å². The summed E-state index contributed by atoms with van der Waals surface area (Å²) in [6, 6.07) is 0. The summed E-state index contributed by atoms with van der Waals surface area (Å²) in [7, 11) is 0. The van der Waals surface area contributed by atoms with E-state index in [2.05, 4.69) is 9.68 Å². The zero-order chi connectivity index (χ0) is 11.6. The first-order chi connectivity index (χ1) is 6.86. The van der Waals surface area contributed by atoms with E-state index < -0.39 is 17.5 Å². The molecule has 3 nitrogen and oxygen atoms in total. The number of halogens is 3. The quantitative estimate of drug-likeness (QED) is 0.737. The van der Waals surface area contributed by atoms with Crippen molar-refractivity contribution in [2.24, 2.45) is 5.92 Å². The van der Waals surface area contributed by atoms with E-state index in [4.69, 9.17) is 0 Å². The van der Waals surface area contributed by atoms with Crippen LogP contribution in [0, 0.1) is 5.92 Å². The Kier molecular flexibility index (Phi) is 3.16. The van der Waals surface area contributed by atoms with Crippen LogP contribution in [0.3, 0.4) is 0 Å². The number of rotatable bonds is 3. The van der Waals surface area contributed by atoms with E-state index in [1.54, 1.807) is 13.8 Å². The van der Waals surface area contributed by atoms with E-state index in [0.717, 1.165) is 0 Å². The molecule has 0 aliphatic heterocycles. The summed E-state index contributed by atoms with van der Waals surface area (Å²) in [5.74, 6) is -0.742. The number of carbonyl (C=O) groups is 1. The van der Waals surface area contributed by atoms with E-state index in [0.29, 0.717) is 0 Å². The molecular formula is C9H10F3NO2. The lowest BCUT2D eigenvalue weighted by Crippen LogP contribution is -2.11. The van der Waals surface area contributed by atoms with Crippen LogP contribution in [0.5, 0.6) is 0 Å². The highest BCUT2D eigenvalue weighted by atomic mass is 19.4. The fourth-order valence-corrected chi connectivity index (χ4v) is 1.25. The fraction of sp³-hybridized carbons (Fsp3) is 0.556. The maximum atomic E-state index is 12.5. The molecule has 0 bridgehead atoms. The predicted octanol–water partition coefficient (Wildman–Crippen LogP) is 2.70. The summed E-state index contributed by atoms with van der Waals surface area (Å²) in [5, 5.41) is 3.27. The molecule has 1 heterocycles. The zero-order valence-electron chi connectivity index (χ0n) is 8.26. The average molecular weight is 221 g/mol. The Bertz CT molecular complexity index is 355. The van der Waals surface area contributed by atoms with E-state index >= 15 is 0 Å². The largest absolute Gasteiger partial charge is 0.422 e. The van der Waals surface area contributed by atoms with Gasteiger partial charge in [0.25, 0.3) is 0 Å². The molecule has 0 fully saturated rings. The summed E-state index contributed by atoms with van der Waals surface area (Å²) in [5.41, 5.74) is -1.26. The molecule has 0 unspecified atom stereocenters. The highest BCUT2D eigenvalue weighted by Crippen LogP contribution is 2.34. The maximum Gasteiger partial charge on any atom is 0.422 e. The van der Waals surface area contributed by atoms with E-state index in [1.807, 2.05) is 0 Å². The molecule has 84 valence electrons. The Morgan fingerprint density at radius 2 is 2.07 bits per heavy atom. The lowest BCUT2D eigenvalue weighted by atomic mass is 10.0. The van der Waals surface area contributed by atoms with Gasteiger partial charge in [0.1, 0.15) is 5.56 Å². The smallest absolute Gasteiger partial charge is 0.352 e. The molecule has 0 amide bonds. The number of carbonyl (C=O) groups excluding carboxylic acids is 1. The van der Waals surface area contributed by atoms with Crippen LogP contribution in [0.25, 0.3) is 0 Å². The molecule has 0 N–H and O–H groups in total. The zero-order valence-corrected chi connectivity index (χ0v) is 8.26. The van der Waals surface area contributed by atoms with Crippen molar-refractivity contribution in [3.8, 4) is 0 Å². The first-order valence-electron chi connectivity index (χ1n) is 4.37. The highest BCUT2D eigenvalue weighted by molar-refractivity contribution is 5.73. The van der Waals surface area contributed by atoms with Gasteiger partial charge in [0.2, 0.25) is 5.76 Å². The minimum atomic E-state index is -4.60. The summed E-state index contributed by atoms with van der Waals surface area (Å²) in [4.78, 5) is 10.3. The lowest BCUT2D eigenvalue weighted by Gasteiger charge is -2.07. The molecule has 0 aliphatic rings. The monoisotopic (exact) mass is 221 g/mol. The SMILES string of the molecule is CC(C)Cc1noc(C=O)c1C(F)(F)F. The van der Waals surface area contributed by atoms with Crippen LogP contribution >= 0.6 is 0 Å². The normalized spacial score (nSPS) is 12.1. The van der Waals surface area contributed by atoms with Gasteiger partial charge in [-0.15, -0.1) is 0 Å². The second-order valence-electron chi connectivity index (χ2n) is 3.58. The van der Waals surface area contributed by atoms with Crippen molar-refractivity contribution in [2.45, 2.75) is 26.4 Å². The number of hydrogen-bond acceptors (Lipinski definition) is 3. The van der Waals surface area contributed by atoms with Gasteiger partial charge in [0, 0.05) is 0 Å². The van der Waals surface area contributed by atoms with Crippen molar-refractivity contribution >= 4 is 6.29 Å². The number of aldehydes is 1. The minimum Gasteiger partial charge on any atom is -0.352 e. The van der Waals surface area contributed by atoms with Gasteiger partial charge >= 0.3 is 6.18 Å². The molecule has 15 heavy (non-hydrogen) atoms. The molecule has 1 aromatic rings. The second kappa shape index (κ2) is 4.04. The third-order valence-electron chi connectivity index (χ3n) is 1.78. The van der Waals surface area contributed by atoms with Crippen LogP contribution < -0.4 is 0 Å². The average Bonchev–Trinajstić information content (AvgIpc) is 2.45. The van der Waals surface area contributed by atoms with Crippen LogP contribution in [0.4, 0.5) is 13.2 Å². The van der Waals surface area contributed by atoms with Crippen molar-refractivity contribution in [1.29, 1.82) is 0 Å². The van der Waals surface area contributed by atoms with E-state index in [-0.39, 0.29) is 24.3 Å². The Hall–Kier alpha value is -1.33. The van der Waals surface area contributed by atoms with Gasteiger partial charge in [-0.3, -0.25) is 4.79 Å². The number of aromatic nitrogens is 1. The summed E-state index contributed by atoms with van der Waals surface area (Å²) in [6.45, 7) is 3.52. The van der Waals surface area contributed by atoms with Crippen molar-refractivity contribution in [2.75, 3.05) is 0 Å². The van der Waals surface area contributed by atoms with E-state index in [1.165, 1.54) is 0 Å². The van der Waals surface area contributed by atoms with Crippen LogP contribution in [-0.4, -0.2) is 11.4 Å². The van der Waals surface area contributed by atoms with Gasteiger partial charge < -0.3 is 4.52 Å². The summed E-state index contributed by atoms with van der Waals surface area (Å²) >= 11 is 0. The minimum absolute atomic E-state index is 0.00991. The van der Waals surface area contributed by atoms with Crippen LogP contribution in [0.15, 0.2) is 4.52 Å². The van der Waals surface area contributed by atoms with Crippen molar-refractivity contribution < 1.29 is 22.5 Å². The third kappa shape index (κ3) is 2.57. The number of nitrogens with zero attached hydrogens (tertiary/aromatic N) is 1. The molecule has 1 rings (SSSR count). The Morgan fingerprint density at radius 1 is 1.47 bits per heavy atom. The molecule has 0 radical (unpaired) electrons. The fourth-order valence-electron chi connectivity index (χ4n) is 1.25. The van der Waals surface area contributed by atoms with Gasteiger partial charge in [0.05, 0.1) is 5.69 Å². The topological polar surface area (TPSA) is 43.1 Å². The lowest BCUT2D eigenvalue weighted by molar-refractivity contribution is -0.138. The molecule has 0 aliphatic carbocycles. The van der Waals surface area contributed by atoms with Gasteiger partial charge in [-0.25, -0.2) is 0 Å².